The average molecular weight is 255 g/mol. The predicted molar refractivity (Wildman–Crippen MR) is 76.8 cm³/mol. The van der Waals surface area contributed by atoms with Gasteiger partial charge in [-0.1, -0.05) is 20.3 Å². The highest BCUT2D eigenvalue weighted by Crippen LogP contribution is 2.31. The molecule has 1 rings (SSSR count). The molecule has 0 saturated carbocycles. The third-order valence-electron chi connectivity index (χ3n) is 3.50. The lowest BCUT2D eigenvalue weighted by Crippen LogP contribution is -2.40. The average Bonchev–Trinajstić information content (AvgIpc) is 2.71. The first kappa shape index (κ1) is 14.5. The molecule has 98 valence electrons. The molecule has 0 aliphatic rings. The van der Waals surface area contributed by atoms with Crippen LogP contribution in [-0.2, 0) is 13.0 Å². The summed E-state index contributed by atoms with van der Waals surface area (Å²) < 4.78 is 0. The number of aromatic nitrogens is 1. The molecule has 1 aromatic rings. The molecule has 0 aromatic carbocycles. The van der Waals surface area contributed by atoms with Crippen molar-refractivity contribution in [2.24, 2.45) is 5.73 Å². The number of nitrogens with zero attached hydrogens (tertiary/aromatic N) is 2. The van der Waals surface area contributed by atoms with Crippen molar-refractivity contribution in [3.63, 3.8) is 0 Å². The summed E-state index contributed by atoms with van der Waals surface area (Å²) in [5, 5.41) is 1.10. The van der Waals surface area contributed by atoms with Crippen LogP contribution in [0.5, 0.6) is 0 Å². The van der Waals surface area contributed by atoms with Crippen LogP contribution in [0, 0.1) is 0 Å². The molecule has 0 atom stereocenters. The predicted octanol–water partition coefficient (Wildman–Crippen LogP) is 3.18. The van der Waals surface area contributed by atoms with Gasteiger partial charge in [-0.3, -0.25) is 0 Å². The normalized spacial score (nSPS) is 11.9. The van der Waals surface area contributed by atoms with Gasteiger partial charge in [0.1, 0.15) is 0 Å². The SMILES string of the molecule is CCCc1nc(N(C)C(C)(C)CC)sc1CN. The second-order valence-electron chi connectivity index (χ2n) is 5.05. The smallest absolute Gasteiger partial charge is 0.186 e. The first-order valence-corrected chi connectivity index (χ1v) is 7.20. The van der Waals surface area contributed by atoms with Crippen molar-refractivity contribution in [1.82, 2.24) is 4.98 Å². The second kappa shape index (κ2) is 5.83. The van der Waals surface area contributed by atoms with Gasteiger partial charge in [-0.25, -0.2) is 4.98 Å². The van der Waals surface area contributed by atoms with Crippen LogP contribution in [0.3, 0.4) is 0 Å². The van der Waals surface area contributed by atoms with E-state index in [4.69, 9.17) is 10.7 Å². The lowest BCUT2D eigenvalue weighted by Gasteiger charge is -2.34. The van der Waals surface area contributed by atoms with Crippen molar-refractivity contribution in [3.8, 4) is 0 Å². The summed E-state index contributed by atoms with van der Waals surface area (Å²) in [5.41, 5.74) is 7.12. The Morgan fingerprint density at radius 3 is 2.47 bits per heavy atom. The second-order valence-corrected chi connectivity index (χ2v) is 6.11. The maximum Gasteiger partial charge on any atom is 0.186 e. The molecule has 1 heterocycles. The maximum absolute atomic E-state index is 5.79. The Bertz CT molecular complexity index is 358. The zero-order valence-corrected chi connectivity index (χ0v) is 12.5. The first-order valence-electron chi connectivity index (χ1n) is 6.38. The molecule has 0 unspecified atom stereocenters. The van der Waals surface area contributed by atoms with Crippen LogP contribution < -0.4 is 10.6 Å². The van der Waals surface area contributed by atoms with Gasteiger partial charge in [0.25, 0.3) is 0 Å². The Morgan fingerprint density at radius 1 is 1.35 bits per heavy atom. The number of rotatable bonds is 6. The van der Waals surface area contributed by atoms with Crippen LogP contribution >= 0.6 is 11.3 Å². The van der Waals surface area contributed by atoms with Crippen molar-refractivity contribution in [3.05, 3.63) is 10.6 Å². The quantitative estimate of drug-likeness (QED) is 0.849. The van der Waals surface area contributed by atoms with Crippen LogP contribution in [0.15, 0.2) is 0 Å². The molecule has 0 spiro atoms. The number of anilines is 1. The highest BCUT2D eigenvalue weighted by atomic mass is 32.1. The summed E-state index contributed by atoms with van der Waals surface area (Å²) in [6.45, 7) is 9.49. The standard InChI is InChI=1S/C13H25N3S/c1-6-8-10-11(9-14)17-12(15-10)16(5)13(3,4)7-2/h6-9,14H2,1-5H3. The molecule has 1 aromatic heterocycles. The van der Waals surface area contributed by atoms with Crippen molar-refractivity contribution in [2.75, 3.05) is 11.9 Å². The fourth-order valence-corrected chi connectivity index (χ4v) is 2.71. The third kappa shape index (κ3) is 3.19. The Labute approximate surface area is 109 Å². The molecule has 3 nitrogen and oxygen atoms in total. The summed E-state index contributed by atoms with van der Waals surface area (Å²) in [6.07, 6.45) is 3.25. The minimum Gasteiger partial charge on any atom is -0.346 e. The maximum atomic E-state index is 5.79. The molecule has 2 N–H and O–H groups in total. The van der Waals surface area contributed by atoms with E-state index in [0.29, 0.717) is 6.54 Å². The van der Waals surface area contributed by atoms with E-state index in [1.807, 2.05) is 0 Å². The van der Waals surface area contributed by atoms with Crippen LogP contribution in [0.25, 0.3) is 0 Å². The van der Waals surface area contributed by atoms with E-state index in [9.17, 15) is 0 Å². The number of thiazole rings is 1. The van der Waals surface area contributed by atoms with Crippen molar-refractivity contribution in [2.45, 2.75) is 59.0 Å². The lowest BCUT2D eigenvalue weighted by molar-refractivity contribution is 0.470. The Balaban J connectivity index is 2.99. The van der Waals surface area contributed by atoms with E-state index in [2.05, 4.69) is 39.6 Å². The molecule has 0 fully saturated rings. The third-order valence-corrected chi connectivity index (χ3v) is 4.70. The van der Waals surface area contributed by atoms with Gasteiger partial charge in [-0.15, -0.1) is 11.3 Å². The minimum atomic E-state index is 0.146. The zero-order valence-electron chi connectivity index (χ0n) is 11.7. The molecule has 0 bridgehead atoms. The van der Waals surface area contributed by atoms with Gasteiger partial charge in [0.2, 0.25) is 0 Å². The molecular weight excluding hydrogens is 230 g/mol. The largest absolute Gasteiger partial charge is 0.346 e. The van der Waals surface area contributed by atoms with E-state index >= 15 is 0 Å². The molecule has 0 saturated heterocycles. The summed E-state index contributed by atoms with van der Waals surface area (Å²) in [7, 11) is 2.12. The molecule has 0 amide bonds. The zero-order chi connectivity index (χ0) is 13.1. The number of nitrogens with two attached hydrogens (primary N) is 1. The van der Waals surface area contributed by atoms with E-state index in [0.717, 1.165) is 24.4 Å². The number of aryl methyl sites for hydroxylation is 1. The van der Waals surface area contributed by atoms with Crippen molar-refractivity contribution < 1.29 is 0 Å². The van der Waals surface area contributed by atoms with Gasteiger partial charge in [0, 0.05) is 24.0 Å². The van der Waals surface area contributed by atoms with Crippen molar-refractivity contribution in [1.29, 1.82) is 0 Å². The highest BCUT2D eigenvalue weighted by Gasteiger charge is 2.24. The molecule has 0 aliphatic heterocycles. The Morgan fingerprint density at radius 2 is 2.00 bits per heavy atom. The summed E-state index contributed by atoms with van der Waals surface area (Å²) >= 11 is 1.74. The highest BCUT2D eigenvalue weighted by molar-refractivity contribution is 7.15. The summed E-state index contributed by atoms with van der Waals surface area (Å²) in [4.78, 5) is 8.26. The molecule has 4 heteroatoms. The lowest BCUT2D eigenvalue weighted by atomic mass is 10.0. The van der Waals surface area contributed by atoms with Crippen LogP contribution in [0.1, 0.15) is 51.1 Å². The van der Waals surface area contributed by atoms with Gasteiger partial charge < -0.3 is 10.6 Å². The topological polar surface area (TPSA) is 42.2 Å². The number of hydrogen-bond donors (Lipinski definition) is 1. The Hall–Kier alpha value is -0.610. The van der Waals surface area contributed by atoms with Gasteiger partial charge in [-0.05, 0) is 26.7 Å². The number of hydrogen-bond acceptors (Lipinski definition) is 4. The fraction of sp³-hybridized carbons (Fsp3) is 0.769. The van der Waals surface area contributed by atoms with E-state index < -0.39 is 0 Å². The summed E-state index contributed by atoms with van der Waals surface area (Å²) in [5.74, 6) is 0. The van der Waals surface area contributed by atoms with Crippen molar-refractivity contribution >= 4 is 16.5 Å². The van der Waals surface area contributed by atoms with Gasteiger partial charge in [0.05, 0.1) is 5.69 Å². The molecule has 0 radical (unpaired) electrons. The van der Waals surface area contributed by atoms with E-state index in [1.165, 1.54) is 10.6 Å². The molecular formula is C13H25N3S. The van der Waals surface area contributed by atoms with Gasteiger partial charge >= 0.3 is 0 Å². The van der Waals surface area contributed by atoms with E-state index in [-0.39, 0.29) is 5.54 Å². The van der Waals surface area contributed by atoms with Gasteiger partial charge in [-0.2, -0.15) is 0 Å². The van der Waals surface area contributed by atoms with Gasteiger partial charge in [0.15, 0.2) is 5.13 Å². The van der Waals surface area contributed by atoms with E-state index in [1.54, 1.807) is 11.3 Å². The first-order chi connectivity index (χ1) is 7.96. The Kier molecular flexibility index (Phi) is 4.95. The van der Waals surface area contributed by atoms with Crippen LogP contribution in [0.4, 0.5) is 5.13 Å². The monoisotopic (exact) mass is 255 g/mol. The molecule has 0 aliphatic carbocycles. The minimum absolute atomic E-state index is 0.146. The van der Waals surface area contributed by atoms with Crippen LogP contribution in [-0.4, -0.2) is 17.6 Å². The summed E-state index contributed by atoms with van der Waals surface area (Å²) in [6, 6.07) is 0. The fourth-order valence-electron chi connectivity index (χ4n) is 1.60. The van der Waals surface area contributed by atoms with Crippen LogP contribution in [0.2, 0.25) is 0 Å². The molecule has 17 heavy (non-hydrogen) atoms.